The SMILES string of the molecule is Cc1cnccc1C(=O)Cc1ccc(-c2cc(-c3nccs3)ccc2Cl)cc1. The lowest BCUT2D eigenvalue weighted by Gasteiger charge is -2.09. The Bertz CT molecular complexity index is 1120. The number of thiazole rings is 1. The largest absolute Gasteiger partial charge is 0.294 e. The molecule has 0 unspecified atom stereocenters. The van der Waals surface area contributed by atoms with Gasteiger partial charge in [0.2, 0.25) is 0 Å². The Kier molecular flexibility index (Phi) is 5.33. The van der Waals surface area contributed by atoms with Crippen LogP contribution in [0.5, 0.6) is 0 Å². The van der Waals surface area contributed by atoms with E-state index in [9.17, 15) is 4.79 Å². The van der Waals surface area contributed by atoms with E-state index >= 15 is 0 Å². The number of rotatable bonds is 5. The number of nitrogens with zero attached hydrogens (tertiary/aromatic N) is 2. The fraction of sp³-hybridized carbons (Fsp3) is 0.0870. The van der Waals surface area contributed by atoms with E-state index in [1.165, 1.54) is 0 Å². The molecule has 5 heteroatoms. The summed E-state index contributed by atoms with van der Waals surface area (Å²) in [6.07, 6.45) is 5.52. The third kappa shape index (κ3) is 3.88. The van der Waals surface area contributed by atoms with Crippen molar-refractivity contribution in [2.24, 2.45) is 0 Å². The molecule has 0 atom stereocenters. The number of carbonyl (C=O) groups excluding carboxylic acids is 1. The second kappa shape index (κ2) is 8.05. The molecule has 0 radical (unpaired) electrons. The molecule has 28 heavy (non-hydrogen) atoms. The number of benzene rings is 2. The quantitative estimate of drug-likeness (QED) is 0.369. The Balaban J connectivity index is 1.58. The van der Waals surface area contributed by atoms with Gasteiger partial charge in [-0.15, -0.1) is 11.3 Å². The molecule has 0 aliphatic heterocycles. The molecule has 2 aromatic carbocycles. The fourth-order valence-electron chi connectivity index (χ4n) is 3.11. The first-order chi connectivity index (χ1) is 13.6. The highest BCUT2D eigenvalue weighted by molar-refractivity contribution is 7.13. The lowest BCUT2D eigenvalue weighted by Crippen LogP contribution is -2.05. The van der Waals surface area contributed by atoms with Crippen molar-refractivity contribution in [1.82, 2.24) is 9.97 Å². The minimum absolute atomic E-state index is 0.0939. The van der Waals surface area contributed by atoms with E-state index in [1.807, 2.05) is 48.7 Å². The predicted molar refractivity (Wildman–Crippen MR) is 115 cm³/mol. The van der Waals surface area contributed by atoms with Crippen molar-refractivity contribution in [1.29, 1.82) is 0 Å². The second-order valence-electron chi connectivity index (χ2n) is 6.52. The number of aryl methyl sites for hydroxylation is 1. The highest BCUT2D eigenvalue weighted by Crippen LogP contribution is 2.33. The van der Waals surface area contributed by atoms with E-state index in [0.717, 1.165) is 38.4 Å². The van der Waals surface area contributed by atoms with Gasteiger partial charge < -0.3 is 0 Å². The van der Waals surface area contributed by atoms with Gasteiger partial charge in [0.15, 0.2) is 5.78 Å². The molecule has 0 N–H and O–H groups in total. The van der Waals surface area contributed by atoms with E-state index in [4.69, 9.17) is 11.6 Å². The van der Waals surface area contributed by atoms with Crippen LogP contribution in [0.15, 0.2) is 72.5 Å². The highest BCUT2D eigenvalue weighted by atomic mass is 35.5. The normalized spacial score (nSPS) is 10.8. The summed E-state index contributed by atoms with van der Waals surface area (Å²) in [7, 11) is 0. The maximum atomic E-state index is 12.6. The van der Waals surface area contributed by atoms with Crippen LogP contribution in [0.4, 0.5) is 0 Å². The van der Waals surface area contributed by atoms with Crippen molar-refractivity contribution in [3.8, 4) is 21.7 Å². The number of hydrogen-bond donors (Lipinski definition) is 0. The van der Waals surface area contributed by atoms with E-state index in [-0.39, 0.29) is 5.78 Å². The maximum Gasteiger partial charge on any atom is 0.167 e. The van der Waals surface area contributed by atoms with Crippen molar-refractivity contribution < 1.29 is 4.79 Å². The van der Waals surface area contributed by atoms with Crippen LogP contribution in [-0.2, 0) is 6.42 Å². The third-order valence-corrected chi connectivity index (χ3v) is 5.75. The summed E-state index contributed by atoms with van der Waals surface area (Å²) in [5.74, 6) is 0.0939. The van der Waals surface area contributed by atoms with Gasteiger partial charge in [0, 0.05) is 52.1 Å². The molecular weight excluding hydrogens is 388 g/mol. The first-order valence-corrected chi connectivity index (χ1v) is 10.1. The topological polar surface area (TPSA) is 42.9 Å². The molecule has 0 spiro atoms. The van der Waals surface area contributed by atoms with Crippen LogP contribution < -0.4 is 0 Å². The minimum atomic E-state index is 0.0939. The molecule has 0 fully saturated rings. The molecule has 0 aliphatic rings. The summed E-state index contributed by atoms with van der Waals surface area (Å²) in [6.45, 7) is 1.90. The van der Waals surface area contributed by atoms with Gasteiger partial charge in [-0.2, -0.15) is 0 Å². The van der Waals surface area contributed by atoms with Gasteiger partial charge in [-0.1, -0.05) is 41.9 Å². The number of ketones is 1. The monoisotopic (exact) mass is 404 g/mol. The first-order valence-electron chi connectivity index (χ1n) is 8.84. The van der Waals surface area contributed by atoms with Crippen LogP contribution in [0, 0.1) is 6.92 Å². The number of pyridine rings is 1. The van der Waals surface area contributed by atoms with Crippen LogP contribution >= 0.6 is 22.9 Å². The third-order valence-electron chi connectivity index (χ3n) is 4.60. The fourth-order valence-corrected chi connectivity index (χ4v) is 3.98. The van der Waals surface area contributed by atoms with Crippen LogP contribution in [0.3, 0.4) is 0 Å². The number of halogens is 1. The van der Waals surface area contributed by atoms with Gasteiger partial charge in [0.05, 0.1) is 0 Å². The van der Waals surface area contributed by atoms with Crippen LogP contribution in [-0.4, -0.2) is 15.8 Å². The van der Waals surface area contributed by atoms with Crippen LogP contribution in [0.25, 0.3) is 21.7 Å². The van der Waals surface area contributed by atoms with E-state index in [0.29, 0.717) is 11.4 Å². The summed E-state index contributed by atoms with van der Waals surface area (Å²) in [5.41, 5.74) is 5.60. The molecule has 0 saturated heterocycles. The lowest BCUT2D eigenvalue weighted by atomic mass is 9.98. The van der Waals surface area contributed by atoms with Crippen LogP contribution in [0.1, 0.15) is 21.5 Å². The van der Waals surface area contributed by atoms with E-state index in [2.05, 4.69) is 16.0 Å². The maximum absolute atomic E-state index is 12.6. The molecule has 0 aliphatic carbocycles. The summed E-state index contributed by atoms with van der Waals surface area (Å²) >= 11 is 8.03. The first kappa shape index (κ1) is 18.5. The zero-order valence-corrected chi connectivity index (χ0v) is 16.8. The number of hydrogen-bond acceptors (Lipinski definition) is 4. The summed E-state index contributed by atoms with van der Waals surface area (Å²) in [4.78, 5) is 21.0. The van der Waals surface area contributed by atoms with Crippen molar-refractivity contribution in [2.75, 3.05) is 0 Å². The Hall–Kier alpha value is -2.82. The summed E-state index contributed by atoms with van der Waals surface area (Å²) in [5, 5.41) is 3.62. The molecule has 4 aromatic rings. The smallest absolute Gasteiger partial charge is 0.167 e. The van der Waals surface area contributed by atoms with Crippen molar-refractivity contribution >= 4 is 28.7 Å². The Morgan fingerprint density at radius 3 is 2.54 bits per heavy atom. The summed E-state index contributed by atoms with van der Waals surface area (Å²) in [6, 6.07) is 15.7. The van der Waals surface area contributed by atoms with E-state index in [1.54, 1.807) is 36.0 Å². The number of aromatic nitrogens is 2. The molecular formula is C23H17ClN2OS. The summed E-state index contributed by atoms with van der Waals surface area (Å²) < 4.78 is 0. The van der Waals surface area contributed by atoms with Gasteiger partial charge in [-0.05, 0) is 41.8 Å². The number of carbonyl (C=O) groups is 1. The molecule has 0 saturated carbocycles. The van der Waals surface area contributed by atoms with Crippen LogP contribution in [0.2, 0.25) is 5.02 Å². The molecule has 0 bridgehead atoms. The van der Waals surface area contributed by atoms with Crippen molar-refractivity contribution in [3.05, 3.63) is 94.2 Å². The average Bonchev–Trinajstić information content (AvgIpc) is 3.24. The minimum Gasteiger partial charge on any atom is -0.294 e. The Morgan fingerprint density at radius 1 is 1.04 bits per heavy atom. The zero-order chi connectivity index (χ0) is 19.5. The molecule has 3 nitrogen and oxygen atoms in total. The van der Waals surface area contributed by atoms with Crippen molar-refractivity contribution in [3.63, 3.8) is 0 Å². The molecule has 2 aromatic heterocycles. The zero-order valence-electron chi connectivity index (χ0n) is 15.2. The second-order valence-corrected chi connectivity index (χ2v) is 7.82. The van der Waals surface area contributed by atoms with Gasteiger partial charge in [-0.3, -0.25) is 9.78 Å². The molecule has 138 valence electrons. The van der Waals surface area contributed by atoms with Gasteiger partial charge in [0.25, 0.3) is 0 Å². The average molecular weight is 405 g/mol. The molecule has 0 amide bonds. The Labute approximate surface area is 172 Å². The van der Waals surface area contributed by atoms with E-state index < -0.39 is 0 Å². The van der Waals surface area contributed by atoms with Gasteiger partial charge >= 0.3 is 0 Å². The van der Waals surface area contributed by atoms with Gasteiger partial charge in [0.1, 0.15) is 5.01 Å². The Morgan fingerprint density at radius 2 is 1.82 bits per heavy atom. The molecule has 4 rings (SSSR count). The predicted octanol–water partition coefficient (Wildman–Crippen LogP) is 6.26. The van der Waals surface area contributed by atoms with Gasteiger partial charge in [-0.25, -0.2) is 4.98 Å². The van der Waals surface area contributed by atoms with Crippen molar-refractivity contribution in [2.45, 2.75) is 13.3 Å². The standard InChI is InChI=1S/C23H17ClN2OS/c1-15-14-25-9-8-19(15)22(27)12-16-2-4-17(5-3-16)20-13-18(6-7-21(20)24)23-26-10-11-28-23/h2-11,13-14H,12H2,1H3. The molecule has 2 heterocycles. The lowest BCUT2D eigenvalue weighted by molar-refractivity contribution is 0.0992. The highest BCUT2D eigenvalue weighted by Gasteiger charge is 2.11. The number of Topliss-reactive ketones (excluding diaryl/α,β-unsaturated/α-hetero) is 1.